The Morgan fingerprint density at radius 2 is 1.72 bits per heavy atom. The van der Waals surface area contributed by atoms with E-state index < -0.39 is 0 Å². The number of rotatable bonds is 8. The predicted molar refractivity (Wildman–Crippen MR) is 111 cm³/mol. The van der Waals surface area contributed by atoms with Crippen molar-refractivity contribution in [2.24, 2.45) is 0 Å². The van der Waals surface area contributed by atoms with Gasteiger partial charge in [-0.15, -0.1) is 0 Å². The zero-order chi connectivity index (χ0) is 20.6. The third-order valence-electron chi connectivity index (χ3n) is 4.32. The number of benzene rings is 2. The fraction of sp³-hybridized carbons (Fsp3) is 0.182. The van der Waals surface area contributed by atoms with Crippen LogP contribution in [0.2, 0.25) is 0 Å². The minimum Gasteiger partial charge on any atom is -0.497 e. The minimum absolute atomic E-state index is 0.232. The van der Waals surface area contributed by atoms with Gasteiger partial charge in [-0.05, 0) is 24.3 Å². The van der Waals surface area contributed by atoms with Gasteiger partial charge in [-0.1, -0.05) is 18.2 Å². The predicted octanol–water partition coefficient (Wildman–Crippen LogP) is 3.78. The molecular formula is C22H23N3O4. The van der Waals surface area contributed by atoms with E-state index in [-0.39, 0.29) is 5.91 Å². The van der Waals surface area contributed by atoms with E-state index in [1.165, 1.54) is 6.20 Å². The Bertz CT molecular complexity index is 991. The van der Waals surface area contributed by atoms with Crippen LogP contribution in [0.3, 0.4) is 0 Å². The molecule has 3 aromatic rings. The summed E-state index contributed by atoms with van der Waals surface area (Å²) < 4.78 is 15.9. The van der Waals surface area contributed by atoms with Gasteiger partial charge in [0.2, 0.25) is 0 Å². The van der Waals surface area contributed by atoms with Crippen molar-refractivity contribution in [3.63, 3.8) is 0 Å². The lowest BCUT2D eigenvalue weighted by atomic mass is 10.2. The van der Waals surface area contributed by atoms with Crippen LogP contribution in [0, 0.1) is 0 Å². The third kappa shape index (κ3) is 4.95. The summed E-state index contributed by atoms with van der Waals surface area (Å²) in [6, 6.07) is 14.7. The fourth-order valence-electron chi connectivity index (χ4n) is 2.83. The number of hydrogen-bond donors (Lipinski definition) is 2. The van der Waals surface area contributed by atoms with Crippen molar-refractivity contribution in [3.05, 3.63) is 72.1 Å². The molecule has 1 amide bonds. The highest BCUT2D eigenvalue weighted by Crippen LogP contribution is 2.31. The van der Waals surface area contributed by atoms with E-state index >= 15 is 0 Å². The van der Waals surface area contributed by atoms with E-state index in [0.717, 1.165) is 11.3 Å². The van der Waals surface area contributed by atoms with Crippen LogP contribution in [0.1, 0.15) is 15.9 Å². The number of pyridine rings is 1. The van der Waals surface area contributed by atoms with Crippen LogP contribution in [-0.4, -0.2) is 32.2 Å². The Balaban J connectivity index is 1.73. The molecule has 0 aliphatic rings. The van der Waals surface area contributed by atoms with E-state index in [9.17, 15) is 4.79 Å². The van der Waals surface area contributed by atoms with Crippen LogP contribution in [0.5, 0.6) is 17.2 Å². The van der Waals surface area contributed by atoms with Gasteiger partial charge in [0.15, 0.2) is 0 Å². The molecule has 7 nitrogen and oxygen atoms in total. The molecule has 0 atom stereocenters. The standard InChI is InChI=1S/C22H23N3O4/c1-27-18-8-9-21(29-3)19(11-18)25-17-10-16(12-23-14-17)22(26)24-13-15-6-4-5-7-20(15)28-2/h4-12,14,25H,13H2,1-3H3,(H,24,26). The summed E-state index contributed by atoms with van der Waals surface area (Å²) in [5.74, 6) is 1.83. The first-order valence-electron chi connectivity index (χ1n) is 8.98. The molecule has 0 saturated heterocycles. The number of hydrogen-bond acceptors (Lipinski definition) is 6. The van der Waals surface area contributed by atoms with Crippen molar-refractivity contribution in [2.45, 2.75) is 6.54 Å². The normalized spacial score (nSPS) is 10.2. The highest BCUT2D eigenvalue weighted by molar-refractivity contribution is 5.95. The van der Waals surface area contributed by atoms with Gasteiger partial charge in [0, 0.05) is 24.4 Å². The highest BCUT2D eigenvalue weighted by Gasteiger charge is 2.11. The van der Waals surface area contributed by atoms with Crippen LogP contribution in [0.25, 0.3) is 0 Å². The molecule has 2 aromatic carbocycles. The summed E-state index contributed by atoms with van der Waals surface area (Å²) in [5.41, 5.74) is 2.69. The zero-order valence-corrected chi connectivity index (χ0v) is 16.6. The Kier molecular flexibility index (Phi) is 6.52. The molecule has 1 aromatic heterocycles. The van der Waals surface area contributed by atoms with E-state index in [1.807, 2.05) is 36.4 Å². The Labute approximate surface area is 169 Å². The number of ether oxygens (including phenoxy) is 3. The Hall–Kier alpha value is -3.74. The lowest BCUT2D eigenvalue weighted by Gasteiger charge is -2.13. The van der Waals surface area contributed by atoms with Gasteiger partial charge in [-0.25, -0.2) is 0 Å². The molecule has 2 N–H and O–H groups in total. The molecule has 29 heavy (non-hydrogen) atoms. The van der Waals surface area contributed by atoms with Crippen LogP contribution in [0.4, 0.5) is 11.4 Å². The second kappa shape index (κ2) is 9.45. The minimum atomic E-state index is -0.232. The maximum absolute atomic E-state index is 12.6. The molecule has 7 heteroatoms. The molecular weight excluding hydrogens is 370 g/mol. The number of amides is 1. The quantitative estimate of drug-likeness (QED) is 0.606. The number of methoxy groups -OCH3 is 3. The largest absolute Gasteiger partial charge is 0.497 e. The SMILES string of the molecule is COc1ccc(OC)c(Nc2cncc(C(=O)NCc3ccccc3OC)c2)c1. The molecule has 150 valence electrons. The van der Waals surface area contributed by atoms with Gasteiger partial charge in [0.1, 0.15) is 17.2 Å². The summed E-state index contributed by atoms with van der Waals surface area (Å²) in [6.45, 7) is 0.351. The Morgan fingerprint density at radius 3 is 2.48 bits per heavy atom. The van der Waals surface area contributed by atoms with E-state index in [2.05, 4.69) is 15.6 Å². The number of anilines is 2. The molecule has 0 aliphatic heterocycles. The molecule has 1 heterocycles. The Morgan fingerprint density at radius 1 is 0.931 bits per heavy atom. The van der Waals surface area contributed by atoms with Crippen LogP contribution < -0.4 is 24.8 Å². The molecule has 0 unspecified atom stereocenters. The van der Waals surface area contributed by atoms with Crippen molar-refractivity contribution in [1.29, 1.82) is 0 Å². The number of carbonyl (C=O) groups excluding carboxylic acids is 1. The molecule has 0 aliphatic carbocycles. The lowest BCUT2D eigenvalue weighted by Crippen LogP contribution is -2.23. The number of aromatic nitrogens is 1. The summed E-state index contributed by atoms with van der Waals surface area (Å²) in [4.78, 5) is 16.8. The first-order chi connectivity index (χ1) is 14.1. The monoisotopic (exact) mass is 393 g/mol. The van der Waals surface area contributed by atoms with Crippen molar-refractivity contribution in [3.8, 4) is 17.2 Å². The van der Waals surface area contributed by atoms with Crippen molar-refractivity contribution >= 4 is 17.3 Å². The maximum atomic E-state index is 12.6. The fourth-order valence-corrected chi connectivity index (χ4v) is 2.83. The van der Waals surface area contributed by atoms with Crippen molar-refractivity contribution in [1.82, 2.24) is 10.3 Å². The number of nitrogens with zero attached hydrogens (tertiary/aromatic N) is 1. The smallest absolute Gasteiger partial charge is 0.253 e. The second-order valence-corrected chi connectivity index (χ2v) is 6.15. The van der Waals surface area contributed by atoms with Gasteiger partial charge < -0.3 is 24.8 Å². The van der Waals surface area contributed by atoms with Gasteiger partial charge >= 0.3 is 0 Å². The first-order valence-corrected chi connectivity index (χ1v) is 8.98. The summed E-state index contributed by atoms with van der Waals surface area (Å²) >= 11 is 0. The average molecular weight is 393 g/mol. The summed E-state index contributed by atoms with van der Waals surface area (Å²) in [6.07, 6.45) is 3.15. The molecule has 3 rings (SSSR count). The van der Waals surface area contributed by atoms with Crippen LogP contribution in [0.15, 0.2) is 60.9 Å². The second-order valence-electron chi connectivity index (χ2n) is 6.15. The zero-order valence-electron chi connectivity index (χ0n) is 16.6. The molecule has 0 saturated carbocycles. The lowest BCUT2D eigenvalue weighted by molar-refractivity contribution is 0.0950. The number of carbonyl (C=O) groups is 1. The van der Waals surface area contributed by atoms with Crippen molar-refractivity contribution < 1.29 is 19.0 Å². The number of nitrogens with one attached hydrogen (secondary N) is 2. The van der Waals surface area contributed by atoms with Gasteiger partial charge in [-0.3, -0.25) is 9.78 Å². The highest BCUT2D eigenvalue weighted by atomic mass is 16.5. The molecule has 0 radical (unpaired) electrons. The summed E-state index contributed by atoms with van der Waals surface area (Å²) in [7, 11) is 4.79. The van der Waals surface area contributed by atoms with Gasteiger partial charge in [0.25, 0.3) is 5.91 Å². The molecule has 0 spiro atoms. The van der Waals surface area contributed by atoms with Crippen molar-refractivity contribution in [2.75, 3.05) is 26.6 Å². The maximum Gasteiger partial charge on any atom is 0.253 e. The number of para-hydroxylation sites is 1. The molecule has 0 bridgehead atoms. The van der Waals surface area contributed by atoms with Gasteiger partial charge in [0.05, 0.1) is 44.5 Å². The molecule has 0 fully saturated rings. The van der Waals surface area contributed by atoms with Crippen LogP contribution in [-0.2, 0) is 6.54 Å². The van der Waals surface area contributed by atoms with Gasteiger partial charge in [-0.2, -0.15) is 0 Å². The average Bonchev–Trinajstić information content (AvgIpc) is 2.77. The van der Waals surface area contributed by atoms with E-state index in [0.29, 0.717) is 35.0 Å². The van der Waals surface area contributed by atoms with Crippen LogP contribution >= 0.6 is 0 Å². The first kappa shape index (κ1) is 20.0. The van der Waals surface area contributed by atoms with E-state index in [1.54, 1.807) is 39.7 Å². The van der Waals surface area contributed by atoms with E-state index in [4.69, 9.17) is 14.2 Å². The topological polar surface area (TPSA) is 81.7 Å². The third-order valence-corrected chi connectivity index (χ3v) is 4.32. The summed E-state index contributed by atoms with van der Waals surface area (Å²) in [5, 5.41) is 6.11.